The van der Waals surface area contributed by atoms with Crippen LogP contribution >= 0.6 is 23.1 Å². The third-order valence-electron chi connectivity index (χ3n) is 3.83. The highest BCUT2D eigenvalue weighted by atomic mass is 32.2. The Balaban J connectivity index is 1.82. The molecule has 0 fully saturated rings. The number of rotatable bonds is 4. The maximum Gasteiger partial charge on any atom is 0.274 e. The monoisotopic (exact) mass is 353 g/mol. The van der Waals surface area contributed by atoms with Gasteiger partial charge in [-0.3, -0.25) is 4.79 Å². The molecule has 0 saturated heterocycles. The molecule has 0 aliphatic carbocycles. The molecular weight excluding hydrogens is 338 g/mol. The molecule has 0 amide bonds. The molecule has 6 heteroatoms. The van der Waals surface area contributed by atoms with E-state index < -0.39 is 0 Å². The van der Waals surface area contributed by atoms with E-state index in [0.29, 0.717) is 0 Å². The van der Waals surface area contributed by atoms with Crippen molar-refractivity contribution in [2.45, 2.75) is 5.75 Å². The predicted octanol–water partition coefficient (Wildman–Crippen LogP) is 4.28. The summed E-state index contributed by atoms with van der Waals surface area (Å²) in [7, 11) is 0. The summed E-state index contributed by atoms with van der Waals surface area (Å²) in [6, 6.07) is 14.0. The molecule has 3 heterocycles. The molecular formula is C18H15N3OS2. The van der Waals surface area contributed by atoms with Gasteiger partial charge in [0, 0.05) is 22.4 Å². The van der Waals surface area contributed by atoms with Crippen molar-refractivity contribution < 1.29 is 0 Å². The number of benzene rings is 1. The van der Waals surface area contributed by atoms with E-state index in [1.165, 1.54) is 15.6 Å². The predicted molar refractivity (Wildman–Crippen MR) is 102 cm³/mol. The second-order valence-corrected chi connectivity index (χ2v) is 7.23. The van der Waals surface area contributed by atoms with Crippen molar-refractivity contribution in [2.75, 3.05) is 6.26 Å². The van der Waals surface area contributed by atoms with Crippen molar-refractivity contribution in [3.05, 3.63) is 70.1 Å². The van der Waals surface area contributed by atoms with Gasteiger partial charge in [-0.2, -0.15) is 21.4 Å². The summed E-state index contributed by atoms with van der Waals surface area (Å²) in [6.45, 7) is 0. The summed E-state index contributed by atoms with van der Waals surface area (Å²) < 4.78 is 1.43. The Bertz CT molecular complexity index is 1050. The second kappa shape index (κ2) is 6.30. The van der Waals surface area contributed by atoms with Crippen molar-refractivity contribution in [1.29, 1.82) is 0 Å². The van der Waals surface area contributed by atoms with Crippen LogP contribution in [0.2, 0.25) is 0 Å². The summed E-state index contributed by atoms with van der Waals surface area (Å²) in [5, 5.41) is 6.39. The van der Waals surface area contributed by atoms with Crippen LogP contribution in [-0.2, 0) is 5.75 Å². The number of hydrogen-bond acceptors (Lipinski definition) is 4. The molecule has 1 N–H and O–H groups in total. The minimum absolute atomic E-state index is 0.0983. The SMILES string of the molecule is CSCc1cc(=O)n2ncc(-c3cc(-c4ccccc4)cs3)c2[nH]1. The molecule has 0 aliphatic heterocycles. The standard InChI is InChI=1S/C18H15N3OS2/c1-23-11-14-8-17(22)21-18(20-14)15(9-19-21)16-7-13(10-24-16)12-5-3-2-4-6-12/h2-10,20H,11H2,1H3. The Morgan fingerprint density at radius 1 is 1.21 bits per heavy atom. The molecule has 4 rings (SSSR count). The lowest BCUT2D eigenvalue weighted by molar-refractivity contribution is 0.888. The van der Waals surface area contributed by atoms with Gasteiger partial charge in [0.1, 0.15) is 5.65 Å². The maximum atomic E-state index is 12.2. The van der Waals surface area contributed by atoms with Gasteiger partial charge in [-0.1, -0.05) is 30.3 Å². The van der Waals surface area contributed by atoms with Crippen LogP contribution in [0, 0.1) is 0 Å². The average molecular weight is 353 g/mol. The molecule has 0 spiro atoms. The van der Waals surface area contributed by atoms with Crippen molar-refractivity contribution in [3.63, 3.8) is 0 Å². The maximum absolute atomic E-state index is 12.2. The fourth-order valence-electron chi connectivity index (χ4n) is 2.71. The third-order valence-corrected chi connectivity index (χ3v) is 5.39. The van der Waals surface area contributed by atoms with Crippen LogP contribution in [0.5, 0.6) is 0 Å². The van der Waals surface area contributed by atoms with Crippen LogP contribution in [0.1, 0.15) is 5.69 Å². The summed E-state index contributed by atoms with van der Waals surface area (Å²) in [5.74, 6) is 0.774. The van der Waals surface area contributed by atoms with Crippen molar-refractivity contribution >= 4 is 28.7 Å². The smallest absolute Gasteiger partial charge is 0.274 e. The molecule has 0 atom stereocenters. The highest BCUT2D eigenvalue weighted by Crippen LogP contribution is 2.34. The van der Waals surface area contributed by atoms with Gasteiger partial charge in [0.25, 0.3) is 5.56 Å². The zero-order valence-electron chi connectivity index (χ0n) is 13.0. The minimum atomic E-state index is -0.0983. The number of thiophene rings is 1. The lowest BCUT2D eigenvalue weighted by atomic mass is 10.1. The first-order valence-corrected chi connectivity index (χ1v) is 9.77. The van der Waals surface area contributed by atoms with E-state index in [4.69, 9.17) is 0 Å². The Morgan fingerprint density at radius 3 is 2.83 bits per heavy atom. The van der Waals surface area contributed by atoms with Crippen LogP contribution in [0.25, 0.3) is 27.2 Å². The number of thioether (sulfide) groups is 1. The molecule has 3 aromatic heterocycles. The first kappa shape index (κ1) is 15.2. The van der Waals surface area contributed by atoms with Crippen molar-refractivity contribution in [2.24, 2.45) is 0 Å². The zero-order valence-corrected chi connectivity index (χ0v) is 14.7. The highest BCUT2D eigenvalue weighted by molar-refractivity contribution is 7.97. The number of hydrogen-bond donors (Lipinski definition) is 1. The van der Waals surface area contributed by atoms with Crippen LogP contribution in [-0.4, -0.2) is 20.9 Å². The van der Waals surface area contributed by atoms with Gasteiger partial charge in [0.15, 0.2) is 0 Å². The number of aromatic amines is 1. The summed E-state index contributed by atoms with van der Waals surface area (Å²) >= 11 is 3.34. The zero-order chi connectivity index (χ0) is 16.5. The lowest BCUT2D eigenvalue weighted by Gasteiger charge is -2.01. The largest absolute Gasteiger partial charge is 0.342 e. The molecule has 0 bridgehead atoms. The minimum Gasteiger partial charge on any atom is -0.342 e. The molecule has 1 aromatic carbocycles. The quantitative estimate of drug-likeness (QED) is 0.596. The topological polar surface area (TPSA) is 50.2 Å². The molecule has 0 unspecified atom stereocenters. The van der Waals surface area contributed by atoms with E-state index in [9.17, 15) is 4.79 Å². The molecule has 0 aliphatic rings. The van der Waals surface area contributed by atoms with Gasteiger partial charge in [-0.05, 0) is 28.8 Å². The lowest BCUT2D eigenvalue weighted by Crippen LogP contribution is -2.15. The van der Waals surface area contributed by atoms with Crippen LogP contribution in [0.4, 0.5) is 0 Å². The van der Waals surface area contributed by atoms with Gasteiger partial charge in [-0.15, -0.1) is 11.3 Å². The van der Waals surface area contributed by atoms with E-state index in [1.807, 2.05) is 24.5 Å². The first-order chi connectivity index (χ1) is 11.8. The van der Waals surface area contributed by atoms with E-state index in [1.54, 1.807) is 35.4 Å². The van der Waals surface area contributed by atoms with Gasteiger partial charge in [-0.25, -0.2) is 0 Å². The second-order valence-electron chi connectivity index (χ2n) is 5.45. The number of fused-ring (bicyclic) bond motifs is 1. The van der Waals surface area contributed by atoms with Gasteiger partial charge < -0.3 is 4.98 Å². The molecule has 4 aromatic rings. The number of nitrogens with zero attached hydrogens (tertiary/aromatic N) is 2. The van der Waals surface area contributed by atoms with Crippen LogP contribution < -0.4 is 5.56 Å². The van der Waals surface area contributed by atoms with E-state index in [2.05, 4.69) is 33.7 Å². The van der Waals surface area contributed by atoms with Gasteiger partial charge >= 0.3 is 0 Å². The average Bonchev–Trinajstić information content (AvgIpc) is 3.23. The van der Waals surface area contributed by atoms with Crippen LogP contribution in [0.3, 0.4) is 0 Å². The molecule has 120 valence electrons. The summed E-state index contributed by atoms with van der Waals surface area (Å²) in [5.41, 5.74) is 4.90. The van der Waals surface area contributed by atoms with Gasteiger partial charge in [0.05, 0.1) is 11.8 Å². The normalized spacial score (nSPS) is 11.2. The molecule has 4 nitrogen and oxygen atoms in total. The van der Waals surface area contributed by atoms with Crippen molar-refractivity contribution in [1.82, 2.24) is 14.6 Å². The Hall–Kier alpha value is -2.31. The number of nitrogens with one attached hydrogen (secondary N) is 1. The van der Waals surface area contributed by atoms with E-state index >= 15 is 0 Å². The fourth-order valence-corrected chi connectivity index (χ4v) is 4.10. The first-order valence-electron chi connectivity index (χ1n) is 7.49. The van der Waals surface area contributed by atoms with E-state index in [-0.39, 0.29) is 5.56 Å². The molecule has 0 saturated carbocycles. The third kappa shape index (κ3) is 2.68. The Morgan fingerprint density at radius 2 is 2.04 bits per heavy atom. The van der Waals surface area contributed by atoms with Gasteiger partial charge in [0.2, 0.25) is 0 Å². The Kier molecular flexibility index (Phi) is 4.00. The summed E-state index contributed by atoms with van der Waals surface area (Å²) in [4.78, 5) is 16.7. The van der Waals surface area contributed by atoms with Crippen LogP contribution in [0.15, 0.2) is 58.8 Å². The fraction of sp³-hybridized carbons (Fsp3) is 0.111. The molecule has 24 heavy (non-hydrogen) atoms. The summed E-state index contributed by atoms with van der Waals surface area (Å²) in [6.07, 6.45) is 3.78. The number of aromatic nitrogens is 3. The van der Waals surface area contributed by atoms with Crippen molar-refractivity contribution in [3.8, 4) is 21.6 Å². The molecule has 0 radical (unpaired) electrons. The highest BCUT2D eigenvalue weighted by Gasteiger charge is 2.13. The number of H-pyrrole nitrogens is 1. The Labute approximate surface area is 147 Å². The van der Waals surface area contributed by atoms with E-state index in [0.717, 1.165) is 27.5 Å².